The lowest BCUT2D eigenvalue weighted by Gasteiger charge is -2.15. The van der Waals surface area contributed by atoms with E-state index in [1.807, 2.05) is 0 Å². The van der Waals surface area contributed by atoms with E-state index in [9.17, 15) is 14.4 Å². The highest BCUT2D eigenvalue weighted by atomic mass is 16.7. The maximum atomic E-state index is 10.7. The van der Waals surface area contributed by atoms with Crippen LogP contribution >= 0.6 is 0 Å². The molecule has 0 amide bonds. The number of carbonyl (C=O) groups excluding carboxylic acids is 3. The number of rotatable bonds is 6. The molecular weight excluding hydrogens is 228 g/mol. The fraction of sp³-hybridized carbons (Fsp3) is 0.545. The molecule has 0 unspecified atom stereocenters. The molecular formula is C11H16O6. The normalized spacial score (nSPS) is 10.4. The summed E-state index contributed by atoms with van der Waals surface area (Å²) in [4.78, 5) is 31.8. The number of hydrogen-bond donors (Lipinski definition) is 0. The molecule has 0 aromatic rings. The third-order valence-corrected chi connectivity index (χ3v) is 1.49. The van der Waals surface area contributed by atoms with E-state index in [0.717, 1.165) is 0 Å². The molecule has 6 heteroatoms. The second-order valence-corrected chi connectivity index (χ2v) is 3.21. The van der Waals surface area contributed by atoms with Crippen LogP contribution in [0.1, 0.15) is 33.6 Å². The first-order valence-corrected chi connectivity index (χ1v) is 5.08. The van der Waals surface area contributed by atoms with Crippen molar-refractivity contribution in [3.8, 4) is 0 Å². The van der Waals surface area contributed by atoms with Crippen LogP contribution in [0, 0.1) is 0 Å². The number of hydrogen-bond acceptors (Lipinski definition) is 6. The third kappa shape index (κ3) is 10.4. The lowest BCUT2D eigenvalue weighted by molar-refractivity contribution is -0.185. The highest BCUT2D eigenvalue weighted by Gasteiger charge is 2.13. The van der Waals surface area contributed by atoms with Gasteiger partial charge in [0.1, 0.15) is 0 Å². The molecule has 0 saturated carbocycles. The molecule has 0 spiro atoms. The SMILES string of the molecule is CC(=O)O/C=C/CCC(OC(C)=O)OC(C)=O. The molecule has 0 bridgehead atoms. The zero-order valence-electron chi connectivity index (χ0n) is 10.1. The van der Waals surface area contributed by atoms with Gasteiger partial charge in [0.05, 0.1) is 6.26 Å². The van der Waals surface area contributed by atoms with Crippen molar-refractivity contribution in [3.05, 3.63) is 12.3 Å². The van der Waals surface area contributed by atoms with Gasteiger partial charge in [-0.25, -0.2) is 0 Å². The van der Waals surface area contributed by atoms with Crippen molar-refractivity contribution >= 4 is 17.9 Å². The molecule has 0 N–H and O–H groups in total. The van der Waals surface area contributed by atoms with Gasteiger partial charge in [-0.15, -0.1) is 0 Å². The Balaban J connectivity index is 3.98. The number of ether oxygens (including phenoxy) is 3. The maximum Gasteiger partial charge on any atom is 0.307 e. The van der Waals surface area contributed by atoms with Crippen LogP contribution in [0.25, 0.3) is 0 Å². The summed E-state index contributed by atoms with van der Waals surface area (Å²) in [7, 11) is 0. The van der Waals surface area contributed by atoms with E-state index in [1.165, 1.54) is 27.0 Å². The summed E-state index contributed by atoms with van der Waals surface area (Å²) in [6.07, 6.45) is 2.64. The molecule has 0 aliphatic rings. The second kappa shape index (κ2) is 8.32. The zero-order chi connectivity index (χ0) is 13.3. The van der Waals surface area contributed by atoms with Gasteiger partial charge in [-0.2, -0.15) is 0 Å². The lowest BCUT2D eigenvalue weighted by Crippen LogP contribution is -2.22. The van der Waals surface area contributed by atoms with Gasteiger partial charge in [-0.1, -0.05) is 0 Å². The molecule has 0 heterocycles. The van der Waals surface area contributed by atoms with Gasteiger partial charge in [-0.05, 0) is 12.5 Å². The summed E-state index contributed by atoms with van der Waals surface area (Å²) in [5, 5.41) is 0. The highest BCUT2D eigenvalue weighted by Crippen LogP contribution is 2.06. The van der Waals surface area contributed by atoms with E-state index in [0.29, 0.717) is 12.8 Å². The Morgan fingerprint density at radius 2 is 1.53 bits per heavy atom. The van der Waals surface area contributed by atoms with Crippen molar-refractivity contribution in [3.63, 3.8) is 0 Å². The Morgan fingerprint density at radius 3 is 1.94 bits per heavy atom. The molecule has 6 nitrogen and oxygen atoms in total. The first kappa shape index (κ1) is 15.2. The van der Waals surface area contributed by atoms with Gasteiger partial charge >= 0.3 is 17.9 Å². The fourth-order valence-electron chi connectivity index (χ4n) is 0.956. The third-order valence-electron chi connectivity index (χ3n) is 1.49. The van der Waals surface area contributed by atoms with Gasteiger partial charge in [-0.3, -0.25) is 14.4 Å². The highest BCUT2D eigenvalue weighted by molar-refractivity contribution is 5.68. The predicted octanol–water partition coefficient (Wildman–Crippen LogP) is 1.30. The predicted molar refractivity (Wildman–Crippen MR) is 57.5 cm³/mol. The van der Waals surface area contributed by atoms with E-state index in [1.54, 1.807) is 6.08 Å². The summed E-state index contributed by atoms with van der Waals surface area (Å²) in [6.45, 7) is 3.74. The van der Waals surface area contributed by atoms with Gasteiger partial charge < -0.3 is 14.2 Å². The van der Waals surface area contributed by atoms with Crippen LogP contribution in [0.15, 0.2) is 12.3 Å². The minimum atomic E-state index is -0.910. The quantitative estimate of drug-likeness (QED) is 0.398. The molecule has 0 fully saturated rings. The van der Waals surface area contributed by atoms with Gasteiger partial charge in [0.2, 0.25) is 6.29 Å². The minimum absolute atomic E-state index is 0.303. The van der Waals surface area contributed by atoms with Crippen LogP contribution in [0.3, 0.4) is 0 Å². The first-order chi connectivity index (χ1) is 7.91. The topological polar surface area (TPSA) is 78.9 Å². The molecule has 0 aromatic carbocycles. The molecule has 0 atom stereocenters. The van der Waals surface area contributed by atoms with Gasteiger partial charge in [0.15, 0.2) is 0 Å². The van der Waals surface area contributed by atoms with E-state index in [4.69, 9.17) is 9.47 Å². The summed E-state index contributed by atoms with van der Waals surface area (Å²) in [5.41, 5.74) is 0. The van der Waals surface area contributed by atoms with Crippen LogP contribution < -0.4 is 0 Å². The fourth-order valence-corrected chi connectivity index (χ4v) is 0.956. The lowest BCUT2D eigenvalue weighted by atomic mass is 10.3. The maximum absolute atomic E-state index is 10.7. The van der Waals surface area contributed by atoms with Crippen molar-refractivity contribution in [1.82, 2.24) is 0 Å². The summed E-state index contributed by atoms with van der Waals surface area (Å²) >= 11 is 0. The van der Waals surface area contributed by atoms with Crippen molar-refractivity contribution in [2.24, 2.45) is 0 Å². The average molecular weight is 244 g/mol. The molecule has 0 rings (SSSR count). The van der Waals surface area contributed by atoms with Crippen LogP contribution in [0.4, 0.5) is 0 Å². The Labute approximate surface area is 99.5 Å². The van der Waals surface area contributed by atoms with Crippen LogP contribution in [-0.4, -0.2) is 24.2 Å². The number of esters is 3. The number of allylic oxidation sites excluding steroid dienone is 1. The van der Waals surface area contributed by atoms with Gasteiger partial charge in [0, 0.05) is 27.2 Å². The number of carbonyl (C=O) groups is 3. The van der Waals surface area contributed by atoms with Crippen molar-refractivity contribution < 1.29 is 28.6 Å². The van der Waals surface area contributed by atoms with Crippen LogP contribution in [0.2, 0.25) is 0 Å². The molecule has 0 aliphatic carbocycles. The standard InChI is InChI=1S/C11H16O6/c1-8(12)15-7-5-4-6-11(16-9(2)13)17-10(3)14/h5,7,11H,4,6H2,1-3H3/b7-5+. The Hall–Kier alpha value is -1.85. The van der Waals surface area contributed by atoms with Gasteiger partial charge in [0.25, 0.3) is 0 Å². The average Bonchev–Trinajstić information content (AvgIpc) is 2.14. The Kier molecular flexibility index (Phi) is 7.41. The minimum Gasteiger partial charge on any atom is -0.435 e. The van der Waals surface area contributed by atoms with E-state index in [-0.39, 0.29) is 0 Å². The Morgan fingerprint density at radius 1 is 1.00 bits per heavy atom. The van der Waals surface area contributed by atoms with Crippen molar-refractivity contribution in [2.75, 3.05) is 0 Å². The smallest absolute Gasteiger partial charge is 0.307 e. The molecule has 0 aliphatic heterocycles. The van der Waals surface area contributed by atoms with Crippen molar-refractivity contribution in [1.29, 1.82) is 0 Å². The molecule has 0 saturated heterocycles. The zero-order valence-corrected chi connectivity index (χ0v) is 10.1. The molecule has 0 radical (unpaired) electrons. The Bertz CT molecular complexity index is 291. The van der Waals surface area contributed by atoms with E-state index >= 15 is 0 Å². The van der Waals surface area contributed by atoms with Crippen LogP contribution in [-0.2, 0) is 28.6 Å². The monoisotopic (exact) mass is 244 g/mol. The van der Waals surface area contributed by atoms with Crippen LogP contribution in [0.5, 0.6) is 0 Å². The summed E-state index contributed by atoms with van der Waals surface area (Å²) < 4.78 is 14.1. The molecule has 17 heavy (non-hydrogen) atoms. The summed E-state index contributed by atoms with van der Waals surface area (Å²) in [6, 6.07) is 0. The largest absolute Gasteiger partial charge is 0.435 e. The van der Waals surface area contributed by atoms with E-state index < -0.39 is 24.2 Å². The molecule has 96 valence electrons. The van der Waals surface area contributed by atoms with E-state index in [2.05, 4.69) is 4.74 Å². The second-order valence-electron chi connectivity index (χ2n) is 3.21. The first-order valence-electron chi connectivity index (χ1n) is 5.08. The summed E-state index contributed by atoms with van der Waals surface area (Å²) in [5.74, 6) is -1.47. The van der Waals surface area contributed by atoms with Crippen molar-refractivity contribution in [2.45, 2.75) is 39.9 Å². The molecule has 0 aromatic heterocycles.